The number of nitrogens with one attached hydrogen (secondary N) is 2. The molecule has 4 saturated carbocycles. The van der Waals surface area contributed by atoms with Crippen LogP contribution in [0.1, 0.15) is 64.2 Å². The fraction of sp³-hybridized carbons (Fsp3) is 0.905. The molecule has 2 heterocycles. The first kappa shape index (κ1) is 19.5. The fourth-order valence-electron chi connectivity index (χ4n) is 7.23. The van der Waals surface area contributed by atoms with Crippen molar-refractivity contribution in [2.24, 2.45) is 23.2 Å². The normalized spacial score (nSPS) is 42.7. The number of nitrogens with zero attached hydrogens (tertiary/aromatic N) is 1. The monoisotopic (exact) mass is 395 g/mol. The van der Waals surface area contributed by atoms with Crippen LogP contribution in [-0.2, 0) is 9.59 Å². The van der Waals surface area contributed by atoms with Crippen molar-refractivity contribution in [2.45, 2.75) is 76.3 Å². The number of likely N-dealkylation sites (tertiary alicyclic amines) is 1. The summed E-state index contributed by atoms with van der Waals surface area (Å²) < 4.78 is 0. The van der Waals surface area contributed by atoms with Gasteiger partial charge in [-0.2, -0.15) is 0 Å². The van der Waals surface area contributed by atoms with Gasteiger partial charge in [0, 0.05) is 19.1 Å². The van der Waals surface area contributed by atoms with Crippen molar-refractivity contribution in [1.82, 2.24) is 15.5 Å². The predicted molar refractivity (Wildman–Crippen MR) is 107 cm³/mol. The first-order valence-corrected chi connectivity index (χ1v) is 11.0. The quantitative estimate of drug-likeness (QED) is 0.771. The van der Waals surface area contributed by atoms with Crippen LogP contribution in [0.5, 0.6) is 0 Å². The molecule has 0 spiro atoms. The van der Waals surface area contributed by atoms with E-state index in [1.54, 1.807) is 0 Å². The van der Waals surface area contributed by atoms with Crippen LogP contribution in [0.4, 0.5) is 0 Å². The summed E-state index contributed by atoms with van der Waals surface area (Å²) in [5, 5.41) is 6.58. The number of piperidine rings is 1. The Labute approximate surface area is 168 Å². The summed E-state index contributed by atoms with van der Waals surface area (Å²) in [4.78, 5) is 28.5. The van der Waals surface area contributed by atoms with E-state index in [9.17, 15) is 9.59 Å². The molecule has 0 aromatic rings. The lowest BCUT2D eigenvalue weighted by molar-refractivity contribution is -0.160. The Morgan fingerprint density at radius 3 is 2.22 bits per heavy atom. The van der Waals surface area contributed by atoms with Gasteiger partial charge in [0.1, 0.15) is 6.04 Å². The molecule has 6 heteroatoms. The van der Waals surface area contributed by atoms with E-state index in [0.29, 0.717) is 5.91 Å². The van der Waals surface area contributed by atoms with Crippen molar-refractivity contribution >= 4 is 24.2 Å². The van der Waals surface area contributed by atoms with Gasteiger partial charge in [-0.1, -0.05) is 0 Å². The maximum atomic E-state index is 13.6. The maximum Gasteiger partial charge on any atom is 0.243 e. The number of hydrogen-bond donors (Lipinski definition) is 2. The van der Waals surface area contributed by atoms with Gasteiger partial charge in [-0.05, 0) is 88.5 Å². The fourth-order valence-corrected chi connectivity index (χ4v) is 7.23. The molecule has 4 bridgehead atoms. The molecule has 0 aromatic carbocycles. The molecule has 4 aliphatic carbocycles. The molecule has 2 amide bonds. The van der Waals surface area contributed by atoms with Crippen molar-refractivity contribution in [2.75, 3.05) is 19.6 Å². The van der Waals surface area contributed by atoms with Crippen LogP contribution in [0.25, 0.3) is 0 Å². The third kappa shape index (κ3) is 3.50. The predicted octanol–water partition coefficient (Wildman–Crippen LogP) is 2.48. The van der Waals surface area contributed by atoms with Crippen molar-refractivity contribution in [3.63, 3.8) is 0 Å². The van der Waals surface area contributed by atoms with Gasteiger partial charge >= 0.3 is 0 Å². The van der Waals surface area contributed by atoms with E-state index in [-0.39, 0.29) is 35.8 Å². The summed E-state index contributed by atoms with van der Waals surface area (Å²) >= 11 is 0. The number of amides is 2. The minimum absolute atomic E-state index is 0. The average molecular weight is 396 g/mol. The standard InChI is InChI=1S/C21H33N3O2.ClH/c25-19(23-17-3-1-5-22-13-17)18-4-2-6-24(18)20(26)21-10-14-7-15(11-21)9-16(8-14)12-21;/h14-18,22H,1-13H2,(H,23,25);1H/t14?,15?,16?,17-,18?,21?;/m0./s1. The lowest BCUT2D eigenvalue weighted by atomic mass is 9.49. The van der Waals surface area contributed by atoms with E-state index in [1.807, 2.05) is 4.90 Å². The van der Waals surface area contributed by atoms with Crippen LogP contribution in [0.15, 0.2) is 0 Å². The highest BCUT2D eigenvalue weighted by molar-refractivity contribution is 5.91. The summed E-state index contributed by atoms with van der Waals surface area (Å²) in [6, 6.07) is 0.00535. The molecule has 0 radical (unpaired) electrons. The molecule has 0 aromatic heterocycles. The van der Waals surface area contributed by atoms with Gasteiger partial charge in [-0.15, -0.1) is 12.4 Å². The average Bonchev–Trinajstić information content (AvgIpc) is 3.10. The van der Waals surface area contributed by atoms with Crippen molar-refractivity contribution in [3.8, 4) is 0 Å². The maximum absolute atomic E-state index is 13.6. The van der Waals surface area contributed by atoms with Gasteiger partial charge in [0.25, 0.3) is 0 Å². The van der Waals surface area contributed by atoms with Crippen LogP contribution < -0.4 is 10.6 Å². The van der Waals surface area contributed by atoms with Gasteiger partial charge in [0.05, 0.1) is 5.41 Å². The second-order valence-electron chi connectivity index (χ2n) is 9.91. The van der Waals surface area contributed by atoms with Gasteiger partial charge in [0.2, 0.25) is 11.8 Å². The Morgan fingerprint density at radius 1 is 0.963 bits per heavy atom. The van der Waals surface area contributed by atoms with Crippen LogP contribution in [0.3, 0.4) is 0 Å². The summed E-state index contributed by atoms with van der Waals surface area (Å²) in [5.74, 6) is 2.74. The molecule has 6 fully saturated rings. The molecule has 152 valence electrons. The van der Waals surface area contributed by atoms with Crippen LogP contribution in [-0.4, -0.2) is 48.4 Å². The molecule has 1 unspecified atom stereocenters. The molecular formula is C21H34ClN3O2. The van der Waals surface area contributed by atoms with E-state index in [2.05, 4.69) is 10.6 Å². The SMILES string of the molecule is Cl.O=C(N[C@H]1CCCNC1)C1CCCN1C(=O)C12CC3CC(CC(C3)C1)C2. The van der Waals surface area contributed by atoms with Crippen molar-refractivity contribution in [3.05, 3.63) is 0 Å². The highest BCUT2D eigenvalue weighted by Gasteiger charge is 2.56. The van der Waals surface area contributed by atoms with Gasteiger partial charge < -0.3 is 15.5 Å². The number of carbonyl (C=O) groups is 2. The lowest BCUT2D eigenvalue weighted by Gasteiger charge is -2.56. The first-order chi connectivity index (χ1) is 12.6. The first-order valence-electron chi connectivity index (χ1n) is 11.0. The van der Waals surface area contributed by atoms with E-state index >= 15 is 0 Å². The smallest absolute Gasteiger partial charge is 0.243 e. The molecule has 27 heavy (non-hydrogen) atoms. The minimum atomic E-state index is -0.225. The number of carbonyl (C=O) groups excluding carboxylic acids is 2. The molecule has 2 saturated heterocycles. The Balaban J connectivity index is 0.00000180. The molecular weight excluding hydrogens is 362 g/mol. The zero-order valence-electron chi connectivity index (χ0n) is 16.3. The molecule has 6 aliphatic rings. The summed E-state index contributed by atoms with van der Waals surface area (Å²) in [6.07, 6.45) is 11.3. The Morgan fingerprint density at radius 2 is 1.63 bits per heavy atom. The highest BCUT2D eigenvalue weighted by atomic mass is 35.5. The Bertz CT molecular complexity index is 555. The third-order valence-corrected chi connectivity index (χ3v) is 7.95. The van der Waals surface area contributed by atoms with Gasteiger partial charge in [-0.25, -0.2) is 0 Å². The van der Waals surface area contributed by atoms with Crippen molar-refractivity contribution < 1.29 is 9.59 Å². The van der Waals surface area contributed by atoms with Crippen LogP contribution >= 0.6 is 12.4 Å². The van der Waals surface area contributed by atoms with Crippen LogP contribution in [0.2, 0.25) is 0 Å². The van der Waals surface area contributed by atoms with E-state index in [0.717, 1.165) is 82.3 Å². The number of halogens is 1. The topological polar surface area (TPSA) is 61.4 Å². The number of hydrogen-bond acceptors (Lipinski definition) is 3. The zero-order chi connectivity index (χ0) is 17.7. The molecule has 2 atom stereocenters. The lowest BCUT2D eigenvalue weighted by Crippen LogP contribution is -2.58. The van der Waals surface area contributed by atoms with E-state index in [1.165, 1.54) is 19.3 Å². The largest absolute Gasteiger partial charge is 0.350 e. The summed E-state index contributed by atoms with van der Waals surface area (Å²) in [7, 11) is 0. The summed E-state index contributed by atoms with van der Waals surface area (Å²) in [5.41, 5.74) is -0.121. The van der Waals surface area contributed by atoms with Gasteiger partial charge in [-0.3, -0.25) is 9.59 Å². The molecule has 2 N–H and O–H groups in total. The second-order valence-corrected chi connectivity index (χ2v) is 9.91. The van der Waals surface area contributed by atoms with Crippen LogP contribution in [0, 0.1) is 23.2 Å². The van der Waals surface area contributed by atoms with E-state index in [4.69, 9.17) is 0 Å². The number of rotatable bonds is 3. The van der Waals surface area contributed by atoms with Gasteiger partial charge in [0.15, 0.2) is 0 Å². The Kier molecular flexibility index (Phi) is 5.45. The molecule has 5 nitrogen and oxygen atoms in total. The van der Waals surface area contributed by atoms with Crippen molar-refractivity contribution in [1.29, 1.82) is 0 Å². The second kappa shape index (κ2) is 7.55. The molecule has 2 aliphatic heterocycles. The molecule has 6 rings (SSSR count). The minimum Gasteiger partial charge on any atom is -0.350 e. The zero-order valence-corrected chi connectivity index (χ0v) is 17.1. The Hall–Kier alpha value is -0.810. The highest BCUT2D eigenvalue weighted by Crippen LogP contribution is 2.60. The third-order valence-electron chi connectivity index (χ3n) is 7.95. The van der Waals surface area contributed by atoms with E-state index < -0.39 is 0 Å². The summed E-state index contributed by atoms with van der Waals surface area (Å²) in [6.45, 7) is 2.69.